The zero-order valence-electron chi connectivity index (χ0n) is 17.8. The summed E-state index contributed by atoms with van der Waals surface area (Å²) < 4.78 is 7.40. The Morgan fingerprint density at radius 1 is 1.10 bits per heavy atom. The van der Waals surface area contributed by atoms with Gasteiger partial charge in [0.1, 0.15) is 11.3 Å². The Balaban J connectivity index is 1.58. The molecule has 1 fully saturated rings. The number of imide groups is 1. The summed E-state index contributed by atoms with van der Waals surface area (Å²) in [6, 6.07) is 14.1. The van der Waals surface area contributed by atoms with Crippen molar-refractivity contribution in [1.29, 1.82) is 0 Å². The highest BCUT2D eigenvalue weighted by Gasteiger charge is 2.51. The highest BCUT2D eigenvalue weighted by Crippen LogP contribution is 2.32. The maximum absolute atomic E-state index is 13.3. The van der Waals surface area contributed by atoms with E-state index in [2.05, 4.69) is 5.32 Å². The van der Waals surface area contributed by atoms with Crippen LogP contribution in [-0.4, -0.2) is 33.7 Å². The monoisotopic (exact) mass is 419 g/mol. The molecule has 4 rings (SSSR count). The van der Waals surface area contributed by atoms with Gasteiger partial charge >= 0.3 is 6.03 Å². The number of aromatic nitrogens is 1. The third-order valence-electron chi connectivity index (χ3n) is 6.04. The quantitative estimate of drug-likeness (QED) is 0.466. The first kappa shape index (κ1) is 20.7. The number of ketones is 1. The minimum absolute atomic E-state index is 0.276. The molecule has 0 bridgehead atoms. The number of rotatable bonds is 7. The van der Waals surface area contributed by atoms with Gasteiger partial charge in [0, 0.05) is 17.0 Å². The molecule has 3 heterocycles. The fraction of sp³-hybridized carbons (Fsp3) is 0.292. The molecule has 3 aromatic rings. The van der Waals surface area contributed by atoms with E-state index in [1.54, 1.807) is 12.3 Å². The van der Waals surface area contributed by atoms with Crippen molar-refractivity contribution < 1.29 is 18.8 Å². The number of furan rings is 1. The summed E-state index contributed by atoms with van der Waals surface area (Å²) in [5, 5.41) is 2.82. The van der Waals surface area contributed by atoms with Crippen molar-refractivity contribution in [2.45, 2.75) is 39.3 Å². The van der Waals surface area contributed by atoms with Crippen LogP contribution in [0.5, 0.6) is 0 Å². The Bertz CT molecular complexity index is 1130. The van der Waals surface area contributed by atoms with Crippen LogP contribution in [-0.2, 0) is 16.9 Å². The molecule has 1 aliphatic rings. The van der Waals surface area contributed by atoms with Crippen molar-refractivity contribution in [3.05, 3.63) is 83.1 Å². The van der Waals surface area contributed by atoms with E-state index in [0.29, 0.717) is 24.1 Å². The lowest BCUT2D eigenvalue weighted by Gasteiger charge is -2.25. The lowest BCUT2D eigenvalue weighted by molar-refractivity contribution is -0.131. The maximum Gasteiger partial charge on any atom is 0.325 e. The van der Waals surface area contributed by atoms with Crippen LogP contribution in [0.25, 0.3) is 0 Å². The van der Waals surface area contributed by atoms with Crippen LogP contribution < -0.4 is 5.32 Å². The van der Waals surface area contributed by atoms with Gasteiger partial charge in [-0.05, 0) is 44.0 Å². The van der Waals surface area contributed by atoms with Crippen LogP contribution >= 0.6 is 0 Å². The molecule has 31 heavy (non-hydrogen) atoms. The molecule has 0 saturated carbocycles. The predicted octanol–water partition coefficient (Wildman–Crippen LogP) is 3.79. The molecule has 1 atom stereocenters. The molecular formula is C24H25N3O4. The van der Waals surface area contributed by atoms with Crippen LogP contribution in [0, 0.1) is 13.8 Å². The molecule has 0 spiro atoms. The summed E-state index contributed by atoms with van der Waals surface area (Å²) in [7, 11) is 0. The second kappa shape index (κ2) is 7.91. The number of hydrogen-bond donors (Lipinski definition) is 1. The number of urea groups is 1. The number of aryl methyl sites for hydroxylation is 1. The van der Waals surface area contributed by atoms with E-state index in [1.807, 2.05) is 67.8 Å². The molecule has 2 aromatic heterocycles. The summed E-state index contributed by atoms with van der Waals surface area (Å²) in [6.07, 6.45) is 2.00. The van der Waals surface area contributed by atoms with Gasteiger partial charge in [-0.2, -0.15) is 0 Å². The topological polar surface area (TPSA) is 84.6 Å². The predicted molar refractivity (Wildman–Crippen MR) is 115 cm³/mol. The van der Waals surface area contributed by atoms with Crippen molar-refractivity contribution in [3.63, 3.8) is 0 Å². The van der Waals surface area contributed by atoms with E-state index in [0.717, 1.165) is 22.0 Å². The molecule has 1 N–H and O–H groups in total. The number of carbonyl (C=O) groups is 3. The Labute approximate surface area is 180 Å². The summed E-state index contributed by atoms with van der Waals surface area (Å²) in [6.45, 7) is 5.82. The average molecular weight is 419 g/mol. The summed E-state index contributed by atoms with van der Waals surface area (Å²) >= 11 is 0. The molecule has 7 nitrogen and oxygen atoms in total. The van der Waals surface area contributed by atoms with Gasteiger partial charge in [-0.3, -0.25) is 14.5 Å². The number of Topliss-reactive ketones (excluding diaryl/α,β-unsaturated/α-hetero) is 1. The van der Waals surface area contributed by atoms with Gasteiger partial charge in [0.15, 0.2) is 5.78 Å². The van der Waals surface area contributed by atoms with Gasteiger partial charge in [0.2, 0.25) is 0 Å². The highest BCUT2D eigenvalue weighted by atomic mass is 16.3. The van der Waals surface area contributed by atoms with Crippen molar-refractivity contribution in [3.8, 4) is 0 Å². The molecule has 1 aliphatic heterocycles. The molecule has 1 saturated heterocycles. The molecule has 160 valence electrons. The minimum Gasteiger partial charge on any atom is -0.467 e. The van der Waals surface area contributed by atoms with E-state index >= 15 is 0 Å². The van der Waals surface area contributed by atoms with Gasteiger partial charge in [-0.15, -0.1) is 0 Å². The molecule has 0 radical (unpaired) electrons. The van der Waals surface area contributed by atoms with Gasteiger partial charge in [-0.25, -0.2) is 4.79 Å². The van der Waals surface area contributed by atoms with Gasteiger partial charge in [0.25, 0.3) is 5.91 Å². The normalized spacial score (nSPS) is 18.5. The van der Waals surface area contributed by atoms with Crippen LogP contribution in [0.4, 0.5) is 4.79 Å². The van der Waals surface area contributed by atoms with Crippen molar-refractivity contribution >= 4 is 17.7 Å². The first-order chi connectivity index (χ1) is 14.9. The zero-order valence-corrected chi connectivity index (χ0v) is 17.8. The van der Waals surface area contributed by atoms with Gasteiger partial charge < -0.3 is 14.3 Å². The first-order valence-corrected chi connectivity index (χ1v) is 10.3. The van der Waals surface area contributed by atoms with Gasteiger partial charge in [-0.1, -0.05) is 37.3 Å². The highest BCUT2D eigenvalue weighted by molar-refractivity contribution is 6.11. The van der Waals surface area contributed by atoms with E-state index in [4.69, 9.17) is 4.42 Å². The minimum atomic E-state index is -1.14. The SMILES string of the molecule is CCC1(c2ccccc2)NC(=O)N(CC(=O)c2cc(C)n(Cc3ccco3)c2C)C1=O. The Morgan fingerprint density at radius 3 is 2.48 bits per heavy atom. The molecule has 1 unspecified atom stereocenters. The summed E-state index contributed by atoms with van der Waals surface area (Å²) in [4.78, 5) is 40.1. The van der Waals surface area contributed by atoms with Crippen molar-refractivity contribution in [1.82, 2.24) is 14.8 Å². The second-order valence-corrected chi connectivity index (χ2v) is 7.82. The number of nitrogens with one attached hydrogen (secondary N) is 1. The lowest BCUT2D eigenvalue weighted by atomic mass is 9.87. The van der Waals surface area contributed by atoms with E-state index in [1.165, 1.54) is 0 Å². The second-order valence-electron chi connectivity index (χ2n) is 7.82. The van der Waals surface area contributed by atoms with Crippen LogP contribution in [0.15, 0.2) is 59.2 Å². The molecule has 3 amide bonds. The largest absolute Gasteiger partial charge is 0.467 e. The third kappa shape index (κ3) is 3.46. The van der Waals surface area contributed by atoms with E-state index in [-0.39, 0.29) is 12.3 Å². The number of hydrogen-bond acceptors (Lipinski definition) is 4. The number of amides is 3. The molecule has 1 aromatic carbocycles. The van der Waals surface area contributed by atoms with Crippen molar-refractivity contribution in [2.75, 3.05) is 6.54 Å². The Kier molecular flexibility index (Phi) is 5.27. The number of nitrogens with zero attached hydrogens (tertiary/aromatic N) is 2. The average Bonchev–Trinajstić information content (AvgIpc) is 3.45. The van der Waals surface area contributed by atoms with Crippen LogP contribution in [0.2, 0.25) is 0 Å². The van der Waals surface area contributed by atoms with E-state index in [9.17, 15) is 14.4 Å². The summed E-state index contributed by atoms with van der Waals surface area (Å²) in [5.41, 5.74) is 1.74. The zero-order chi connectivity index (χ0) is 22.2. The number of benzene rings is 1. The maximum atomic E-state index is 13.3. The molecule has 0 aliphatic carbocycles. The van der Waals surface area contributed by atoms with Crippen LogP contribution in [0.3, 0.4) is 0 Å². The molecule has 7 heteroatoms. The smallest absolute Gasteiger partial charge is 0.325 e. The fourth-order valence-corrected chi connectivity index (χ4v) is 4.25. The Hall–Kier alpha value is -3.61. The Morgan fingerprint density at radius 2 is 1.84 bits per heavy atom. The third-order valence-corrected chi connectivity index (χ3v) is 6.04. The lowest BCUT2D eigenvalue weighted by Crippen LogP contribution is -2.43. The standard InChI is InChI=1S/C24H25N3O4/c1-4-24(18-9-6-5-7-10-18)22(29)27(23(30)25-24)15-21(28)20-13-16(2)26(17(20)3)14-19-11-8-12-31-19/h5-13H,4,14-15H2,1-3H3,(H,25,30). The first-order valence-electron chi connectivity index (χ1n) is 10.3. The van der Waals surface area contributed by atoms with Crippen LogP contribution in [0.1, 0.15) is 46.4 Å². The molecular weight excluding hydrogens is 394 g/mol. The fourth-order valence-electron chi connectivity index (χ4n) is 4.25. The van der Waals surface area contributed by atoms with Crippen molar-refractivity contribution in [2.24, 2.45) is 0 Å². The van der Waals surface area contributed by atoms with E-state index < -0.39 is 17.5 Å². The summed E-state index contributed by atoms with van der Waals surface area (Å²) in [5.74, 6) is 0.108. The number of carbonyl (C=O) groups excluding carboxylic acids is 3. The van der Waals surface area contributed by atoms with Gasteiger partial charge in [0.05, 0.1) is 19.4 Å².